The second-order valence-electron chi connectivity index (χ2n) is 6.05. The van der Waals surface area contributed by atoms with Crippen molar-refractivity contribution in [3.05, 3.63) is 48.6 Å². The van der Waals surface area contributed by atoms with Crippen molar-refractivity contribution in [3.63, 3.8) is 0 Å². The van der Waals surface area contributed by atoms with Crippen LogP contribution in [0, 0.1) is 0 Å². The summed E-state index contributed by atoms with van der Waals surface area (Å²) in [7, 11) is 2.04. The largest absolute Gasteiger partial charge is 0.341 e. The molecule has 3 aromatic rings. The molecule has 1 saturated heterocycles. The number of aromatic nitrogens is 7. The van der Waals surface area contributed by atoms with Crippen LogP contribution in [0.2, 0.25) is 0 Å². The van der Waals surface area contributed by atoms with E-state index in [4.69, 9.17) is 0 Å². The predicted octanol–water partition coefficient (Wildman–Crippen LogP) is 1.23. The highest BCUT2D eigenvalue weighted by Gasteiger charge is 2.26. The van der Waals surface area contributed by atoms with E-state index in [1.165, 1.54) is 0 Å². The van der Waals surface area contributed by atoms with E-state index >= 15 is 0 Å². The zero-order valence-electron chi connectivity index (χ0n) is 13.7. The maximum absolute atomic E-state index is 4.44. The Morgan fingerprint density at radius 3 is 2.54 bits per heavy atom. The lowest BCUT2D eigenvalue weighted by Crippen LogP contribution is -2.34. The molecule has 0 aliphatic carbocycles. The third-order valence-corrected chi connectivity index (χ3v) is 4.56. The molecule has 0 bridgehead atoms. The lowest BCUT2D eigenvalue weighted by atomic mass is 9.96. The topological polar surface area (TPSA) is 77.5 Å². The number of rotatable bonds is 4. The zero-order valence-corrected chi connectivity index (χ0v) is 13.7. The van der Waals surface area contributed by atoms with Crippen LogP contribution in [-0.4, -0.2) is 47.6 Å². The van der Waals surface area contributed by atoms with E-state index < -0.39 is 0 Å². The van der Waals surface area contributed by atoms with Gasteiger partial charge in [0.1, 0.15) is 12.4 Å². The first kappa shape index (κ1) is 14.8. The maximum Gasteiger partial charge on any atom is 0.225 e. The van der Waals surface area contributed by atoms with Gasteiger partial charge >= 0.3 is 0 Å². The molecule has 4 rings (SSSR count). The van der Waals surface area contributed by atoms with E-state index in [1.54, 1.807) is 18.6 Å². The van der Waals surface area contributed by atoms with E-state index in [2.05, 4.69) is 34.7 Å². The summed E-state index contributed by atoms with van der Waals surface area (Å²) in [6, 6.07) is 3.76. The molecule has 1 aliphatic heterocycles. The molecule has 0 radical (unpaired) electrons. The highest BCUT2D eigenvalue weighted by molar-refractivity contribution is 5.29. The van der Waals surface area contributed by atoms with E-state index in [-0.39, 0.29) is 0 Å². The van der Waals surface area contributed by atoms with Crippen LogP contribution in [-0.2, 0) is 13.6 Å². The summed E-state index contributed by atoms with van der Waals surface area (Å²) in [6.45, 7) is 2.53. The second-order valence-corrected chi connectivity index (χ2v) is 6.05. The molecule has 0 unspecified atom stereocenters. The van der Waals surface area contributed by atoms with Gasteiger partial charge in [0.05, 0.1) is 0 Å². The molecule has 0 saturated carbocycles. The first-order chi connectivity index (χ1) is 11.8. The minimum absolute atomic E-state index is 0.425. The van der Waals surface area contributed by atoms with E-state index in [0.717, 1.165) is 43.5 Å². The summed E-state index contributed by atoms with van der Waals surface area (Å²) in [4.78, 5) is 10.9. The van der Waals surface area contributed by atoms with Crippen LogP contribution in [0.1, 0.15) is 30.4 Å². The van der Waals surface area contributed by atoms with Crippen molar-refractivity contribution in [1.82, 2.24) is 34.5 Å². The van der Waals surface area contributed by atoms with Gasteiger partial charge in [-0.1, -0.05) is 0 Å². The fourth-order valence-electron chi connectivity index (χ4n) is 3.20. The van der Waals surface area contributed by atoms with Crippen molar-refractivity contribution in [3.8, 4) is 0 Å². The Hall–Kier alpha value is -2.77. The third kappa shape index (κ3) is 2.86. The molecule has 0 spiro atoms. The van der Waals surface area contributed by atoms with Crippen LogP contribution >= 0.6 is 0 Å². The quantitative estimate of drug-likeness (QED) is 0.718. The average molecular weight is 324 g/mol. The Bertz CT molecular complexity index is 772. The lowest BCUT2D eigenvalue weighted by molar-refractivity contribution is 0.467. The monoisotopic (exact) mass is 324 g/mol. The number of piperidine rings is 1. The first-order valence-corrected chi connectivity index (χ1v) is 8.19. The summed E-state index contributed by atoms with van der Waals surface area (Å²) in [5.74, 6) is 3.23. The molecular weight excluding hydrogens is 304 g/mol. The molecule has 0 atom stereocenters. The predicted molar refractivity (Wildman–Crippen MR) is 88.6 cm³/mol. The molecule has 24 heavy (non-hydrogen) atoms. The van der Waals surface area contributed by atoms with Crippen LogP contribution in [0.4, 0.5) is 5.95 Å². The Morgan fingerprint density at radius 2 is 1.83 bits per heavy atom. The normalized spacial score (nSPS) is 15.8. The molecule has 8 nitrogen and oxygen atoms in total. The van der Waals surface area contributed by atoms with Gasteiger partial charge in [0, 0.05) is 50.8 Å². The molecular formula is C16H20N8. The Labute approximate surface area is 140 Å². The van der Waals surface area contributed by atoms with E-state index in [0.29, 0.717) is 12.5 Å². The number of anilines is 1. The molecule has 4 heterocycles. The summed E-state index contributed by atoms with van der Waals surface area (Å²) in [6.07, 6.45) is 9.36. The van der Waals surface area contributed by atoms with Crippen LogP contribution in [0.5, 0.6) is 0 Å². The molecule has 1 aliphatic rings. The van der Waals surface area contributed by atoms with Gasteiger partial charge in [-0.15, -0.1) is 10.2 Å². The summed E-state index contributed by atoms with van der Waals surface area (Å²) < 4.78 is 3.98. The van der Waals surface area contributed by atoms with Gasteiger partial charge in [0.15, 0.2) is 5.82 Å². The fraction of sp³-hybridized carbons (Fsp3) is 0.438. The second kappa shape index (κ2) is 6.38. The van der Waals surface area contributed by atoms with Crippen LogP contribution < -0.4 is 4.90 Å². The molecule has 8 heteroatoms. The van der Waals surface area contributed by atoms with Crippen molar-refractivity contribution < 1.29 is 0 Å². The van der Waals surface area contributed by atoms with Gasteiger partial charge in [-0.3, -0.25) is 4.68 Å². The fourth-order valence-corrected chi connectivity index (χ4v) is 3.20. The maximum atomic E-state index is 4.44. The van der Waals surface area contributed by atoms with Crippen molar-refractivity contribution in [2.24, 2.45) is 7.05 Å². The van der Waals surface area contributed by atoms with Gasteiger partial charge in [-0.05, 0) is 25.0 Å². The van der Waals surface area contributed by atoms with Gasteiger partial charge in [0.25, 0.3) is 0 Å². The van der Waals surface area contributed by atoms with Crippen molar-refractivity contribution in [1.29, 1.82) is 0 Å². The highest BCUT2D eigenvalue weighted by Crippen LogP contribution is 2.28. The number of hydrogen-bond acceptors (Lipinski definition) is 6. The highest BCUT2D eigenvalue weighted by atomic mass is 15.3. The minimum atomic E-state index is 0.425. The number of hydrogen-bond donors (Lipinski definition) is 0. The smallest absolute Gasteiger partial charge is 0.225 e. The molecule has 1 fully saturated rings. The van der Waals surface area contributed by atoms with Crippen molar-refractivity contribution >= 4 is 5.95 Å². The van der Waals surface area contributed by atoms with E-state index in [1.807, 2.05) is 30.1 Å². The number of nitrogens with zero attached hydrogens (tertiary/aromatic N) is 8. The van der Waals surface area contributed by atoms with E-state index in [9.17, 15) is 0 Å². The van der Waals surface area contributed by atoms with Crippen LogP contribution in [0.25, 0.3) is 0 Å². The van der Waals surface area contributed by atoms with Crippen molar-refractivity contribution in [2.75, 3.05) is 18.0 Å². The summed E-state index contributed by atoms with van der Waals surface area (Å²) in [5.41, 5.74) is 0. The van der Waals surface area contributed by atoms with Gasteiger partial charge in [0.2, 0.25) is 5.95 Å². The first-order valence-electron chi connectivity index (χ1n) is 8.19. The molecule has 3 aromatic heterocycles. The molecule has 124 valence electrons. The van der Waals surface area contributed by atoms with Crippen LogP contribution in [0.3, 0.4) is 0 Å². The van der Waals surface area contributed by atoms with Crippen LogP contribution in [0.15, 0.2) is 36.9 Å². The third-order valence-electron chi connectivity index (χ3n) is 4.56. The molecule has 0 N–H and O–H groups in total. The SMILES string of the molecule is Cn1c(Cn2cccn2)nnc1C1CCN(c2ncccn2)CC1. The molecule has 0 aromatic carbocycles. The van der Waals surface area contributed by atoms with Gasteiger partial charge in [-0.2, -0.15) is 5.10 Å². The average Bonchev–Trinajstić information content (AvgIpc) is 3.27. The Balaban J connectivity index is 1.43. The molecule has 0 amide bonds. The lowest BCUT2D eigenvalue weighted by Gasteiger charge is -2.31. The van der Waals surface area contributed by atoms with Gasteiger partial charge in [-0.25, -0.2) is 9.97 Å². The summed E-state index contributed by atoms with van der Waals surface area (Å²) in [5, 5.41) is 13.0. The Morgan fingerprint density at radius 1 is 1.04 bits per heavy atom. The minimum Gasteiger partial charge on any atom is -0.341 e. The zero-order chi connectivity index (χ0) is 16.4. The summed E-state index contributed by atoms with van der Waals surface area (Å²) >= 11 is 0. The standard InChI is InChI=1S/C16H20N8/c1-22-14(12-24-9-3-8-19-24)20-21-15(22)13-4-10-23(11-5-13)16-17-6-2-7-18-16/h2-3,6-9,13H,4-5,10-12H2,1H3. The van der Waals surface area contributed by atoms with Gasteiger partial charge < -0.3 is 9.47 Å². The Kier molecular flexibility index (Phi) is 3.94. The van der Waals surface area contributed by atoms with Crippen molar-refractivity contribution in [2.45, 2.75) is 25.3 Å².